The summed E-state index contributed by atoms with van der Waals surface area (Å²) in [5.74, 6) is -0.529. The summed E-state index contributed by atoms with van der Waals surface area (Å²) in [4.78, 5) is 11.9. The van der Waals surface area contributed by atoms with E-state index in [2.05, 4.69) is 17.4 Å². The van der Waals surface area contributed by atoms with Crippen LogP contribution in [-0.4, -0.2) is 13.1 Å². The molecule has 4 heteroatoms. The van der Waals surface area contributed by atoms with E-state index in [0.717, 1.165) is 12.0 Å². The Bertz CT molecular complexity index is 435. The van der Waals surface area contributed by atoms with Gasteiger partial charge < -0.3 is 4.74 Å². The highest BCUT2D eigenvalue weighted by molar-refractivity contribution is 7.80. The smallest absolute Gasteiger partial charge is 0.340 e. The van der Waals surface area contributed by atoms with Crippen molar-refractivity contribution >= 4 is 18.6 Å². The van der Waals surface area contributed by atoms with E-state index in [9.17, 15) is 4.79 Å². The van der Waals surface area contributed by atoms with Crippen molar-refractivity contribution in [2.75, 3.05) is 7.11 Å². The van der Waals surface area contributed by atoms with Crippen molar-refractivity contribution in [2.45, 2.75) is 18.2 Å². The van der Waals surface area contributed by atoms with E-state index < -0.39 is 5.97 Å². The first-order chi connectivity index (χ1) is 7.13. The average molecular weight is 221 g/mol. The SMILES string of the molecule is CCc1cc(S)c(C(=O)OC)c(C#N)c1. The minimum absolute atomic E-state index is 0.237. The molecular weight excluding hydrogens is 210 g/mol. The molecule has 0 amide bonds. The lowest BCUT2D eigenvalue weighted by molar-refractivity contribution is 0.0596. The van der Waals surface area contributed by atoms with Crippen LogP contribution in [0.1, 0.15) is 28.4 Å². The predicted molar refractivity (Wildman–Crippen MR) is 59.1 cm³/mol. The lowest BCUT2D eigenvalue weighted by Gasteiger charge is -2.07. The summed E-state index contributed by atoms with van der Waals surface area (Å²) in [5.41, 5.74) is 1.52. The molecule has 0 aliphatic heterocycles. The molecule has 3 nitrogen and oxygen atoms in total. The Kier molecular flexibility index (Phi) is 3.75. The zero-order valence-corrected chi connectivity index (χ0v) is 9.47. The molecule has 1 aromatic rings. The van der Waals surface area contributed by atoms with E-state index in [0.29, 0.717) is 10.5 Å². The third kappa shape index (κ3) is 2.31. The molecule has 78 valence electrons. The van der Waals surface area contributed by atoms with Crippen LogP contribution in [0.15, 0.2) is 17.0 Å². The fourth-order valence-electron chi connectivity index (χ4n) is 1.29. The maximum atomic E-state index is 11.4. The topological polar surface area (TPSA) is 50.1 Å². The highest BCUT2D eigenvalue weighted by atomic mass is 32.1. The summed E-state index contributed by atoms with van der Waals surface area (Å²) in [6.07, 6.45) is 0.795. The number of ether oxygens (including phenoxy) is 1. The summed E-state index contributed by atoms with van der Waals surface area (Å²) < 4.78 is 4.59. The van der Waals surface area contributed by atoms with Crippen molar-refractivity contribution in [1.82, 2.24) is 0 Å². The van der Waals surface area contributed by atoms with Gasteiger partial charge in [-0.15, -0.1) is 12.6 Å². The third-order valence-corrected chi connectivity index (χ3v) is 2.45. The largest absolute Gasteiger partial charge is 0.465 e. The van der Waals surface area contributed by atoms with E-state index in [1.807, 2.05) is 13.0 Å². The van der Waals surface area contributed by atoms with Crippen molar-refractivity contribution in [3.63, 3.8) is 0 Å². The maximum Gasteiger partial charge on any atom is 0.340 e. The minimum atomic E-state index is -0.529. The second kappa shape index (κ2) is 4.85. The van der Waals surface area contributed by atoms with Crippen molar-refractivity contribution in [3.8, 4) is 6.07 Å². The average Bonchev–Trinajstić information content (AvgIpc) is 2.26. The fourth-order valence-corrected chi connectivity index (χ4v) is 1.67. The number of aryl methyl sites for hydroxylation is 1. The zero-order chi connectivity index (χ0) is 11.4. The number of thiol groups is 1. The quantitative estimate of drug-likeness (QED) is 0.615. The molecule has 0 saturated heterocycles. The molecule has 0 fully saturated rings. The Morgan fingerprint density at radius 2 is 2.27 bits per heavy atom. The normalized spacial score (nSPS) is 9.47. The fraction of sp³-hybridized carbons (Fsp3) is 0.273. The summed E-state index contributed by atoms with van der Waals surface area (Å²) >= 11 is 4.19. The molecule has 0 spiro atoms. The Hall–Kier alpha value is -1.47. The van der Waals surface area contributed by atoms with Crippen LogP contribution in [0.5, 0.6) is 0 Å². The van der Waals surface area contributed by atoms with Gasteiger partial charge in [0.15, 0.2) is 0 Å². The number of hydrogen-bond acceptors (Lipinski definition) is 4. The predicted octanol–water partition coefficient (Wildman–Crippen LogP) is 2.20. The first-order valence-corrected chi connectivity index (χ1v) is 4.93. The first-order valence-electron chi connectivity index (χ1n) is 4.48. The van der Waals surface area contributed by atoms with Gasteiger partial charge in [0.05, 0.1) is 18.2 Å². The van der Waals surface area contributed by atoms with Gasteiger partial charge in [-0.3, -0.25) is 0 Å². The highest BCUT2D eigenvalue weighted by Crippen LogP contribution is 2.21. The molecule has 0 unspecified atom stereocenters. The standard InChI is InChI=1S/C11H11NO2S/c1-3-7-4-8(6-12)10(9(15)5-7)11(13)14-2/h4-5,15H,3H2,1-2H3. The van der Waals surface area contributed by atoms with Crippen molar-refractivity contribution in [3.05, 3.63) is 28.8 Å². The lowest BCUT2D eigenvalue weighted by atomic mass is 10.0. The Morgan fingerprint density at radius 1 is 1.60 bits per heavy atom. The van der Waals surface area contributed by atoms with E-state index in [1.165, 1.54) is 7.11 Å². The molecule has 15 heavy (non-hydrogen) atoms. The molecule has 0 aromatic heterocycles. The number of nitrogens with zero attached hydrogens (tertiary/aromatic N) is 1. The van der Waals surface area contributed by atoms with Crippen molar-refractivity contribution < 1.29 is 9.53 Å². The number of hydrogen-bond donors (Lipinski definition) is 1. The van der Waals surface area contributed by atoms with Crippen LogP contribution in [0.4, 0.5) is 0 Å². The number of carbonyl (C=O) groups is 1. The molecule has 0 bridgehead atoms. The van der Waals surface area contributed by atoms with Crippen LogP contribution < -0.4 is 0 Å². The summed E-state index contributed by atoms with van der Waals surface area (Å²) in [7, 11) is 1.28. The lowest BCUT2D eigenvalue weighted by Crippen LogP contribution is -2.06. The van der Waals surface area contributed by atoms with Crippen LogP contribution in [0.2, 0.25) is 0 Å². The van der Waals surface area contributed by atoms with Gasteiger partial charge in [-0.1, -0.05) is 6.92 Å². The molecule has 0 atom stereocenters. The van der Waals surface area contributed by atoms with Crippen LogP contribution in [0.25, 0.3) is 0 Å². The van der Waals surface area contributed by atoms with Gasteiger partial charge in [0.1, 0.15) is 6.07 Å². The molecule has 0 radical (unpaired) electrons. The van der Waals surface area contributed by atoms with Gasteiger partial charge in [0.25, 0.3) is 0 Å². The molecular formula is C11H11NO2S. The number of nitriles is 1. The second-order valence-corrected chi connectivity index (χ2v) is 3.48. The number of methoxy groups -OCH3 is 1. The van der Waals surface area contributed by atoms with Gasteiger partial charge >= 0.3 is 5.97 Å². The van der Waals surface area contributed by atoms with E-state index in [1.54, 1.807) is 12.1 Å². The summed E-state index contributed by atoms with van der Waals surface area (Å²) in [6.45, 7) is 1.97. The van der Waals surface area contributed by atoms with Gasteiger partial charge in [-0.05, 0) is 24.1 Å². The number of benzene rings is 1. The molecule has 0 aliphatic rings. The molecule has 0 heterocycles. The van der Waals surface area contributed by atoms with E-state index in [4.69, 9.17) is 5.26 Å². The zero-order valence-electron chi connectivity index (χ0n) is 8.57. The van der Waals surface area contributed by atoms with E-state index >= 15 is 0 Å². The molecule has 1 rings (SSSR count). The molecule has 0 aliphatic carbocycles. The number of esters is 1. The van der Waals surface area contributed by atoms with Crippen LogP contribution in [0.3, 0.4) is 0 Å². The van der Waals surface area contributed by atoms with Crippen LogP contribution >= 0.6 is 12.6 Å². The monoisotopic (exact) mass is 221 g/mol. The third-order valence-electron chi connectivity index (χ3n) is 2.10. The van der Waals surface area contributed by atoms with Gasteiger partial charge in [-0.2, -0.15) is 5.26 Å². The van der Waals surface area contributed by atoms with Crippen LogP contribution in [0, 0.1) is 11.3 Å². The molecule has 0 N–H and O–H groups in total. The second-order valence-electron chi connectivity index (χ2n) is 2.99. The molecule has 0 saturated carbocycles. The van der Waals surface area contributed by atoms with Gasteiger partial charge in [0, 0.05) is 4.90 Å². The van der Waals surface area contributed by atoms with Gasteiger partial charge in [-0.25, -0.2) is 4.79 Å². The minimum Gasteiger partial charge on any atom is -0.465 e. The number of rotatable bonds is 2. The van der Waals surface area contributed by atoms with Crippen molar-refractivity contribution in [2.24, 2.45) is 0 Å². The summed E-state index contributed by atoms with van der Waals surface area (Å²) in [6, 6.07) is 5.44. The van der Waals surface area contributed by atoms with Crippen LogP contribution in [-0.2, 0) is 11.2 Å². The number of carbonyl (C=O) groups excluding carboxylic acids is 1. The maximum absolute atomic E-state index is 11.4. The van der Waals surface area contributed by atoms with Gasteiger partial charge in [0.2, 0.25) is 0 Å². The first kappa shape index (κ1) is 11.6. The Balaban J connectivity index is 3.39. The molecule has 1 aromatic carbocycles. The Morgan fingerprint density at radius 3 is 2.73 bits per heavy atom. The Labute approximate surface area is 94.1 Å². The van der Waals surface area contributed by atoms with E-state index in [-0.39, 0.29) is 5.56 Å². The van der Waals surface area contributed by atoms with Crippen molar-refractivity contribution in [1.29, 1.82) is 5.26 Å². The summed E-state index contributed by atoms with van der Waals surface area (Å²) in [5, 5.41) is 8.92. The highest BCUT2D eigenvalue weighted by Gasteiger charge is 2.16.